The highest BCUT2D eigenvalue weighted by molar-refractivity contribution is 7.99. The Balaban J connectivity index is 2.31. The molecule has 0 atom stereocenters. The molecule has 1 N–H and O–H groups in total. The first-order valence-electron chi connectivity index (χ1n) is 5.89. The van der Waals surface area contributed by atoms with Gasteiger partial charge in [-0.2, -0.15) is 0 Å². The van der Waals surface area contributed by atoms with E-state index in [1.165, 1.54) is 23.5 Å². The third kappa shape index (κ3) is 3.54. The van der Waals surface area contributed by atoms with E-state index in [1.54, 1.807) is 18.2 Å². The number of carbonyl (C=O) groups excluding carboxylic acids is 1. The maximum atomic E-state index is 12.3. The Morgan fingerprint density at radius 1 is 1.24 bits per heavy atom. The van der Waals surface area contributed by atoms with Crippen molar-refractivity contribution in [3.63, 3.8) is 0 Å². The highest BCUT2D eigenvalue weighted by Crippen LogP contribution is 2.20. The minimum Gasteiger partial charge on any atom is -0.319 e. The fourth-order valence-corrected chi connectivity index (χ4v) is 2.44. The predicted molar refractivity (Wildman–Crippen MR) is 85.7 cm³/mol. The first-order valence-corrected chi connectivity index (χ1v) is 8.34. The molecule has 1 aromatic carbocycles. The van der Waals surface area contributed by atoms with Gasteiger partial charge in [-0.25, -0.2) is 4.98 Å². The van der Waals surface area contributed by atoms with Crippen molar-refractivity contribution >= 4 is 35.1 Å². The molecule has 1 aromatic heterocycles. The Bertz CT molecular complexity index is 712. The molecule has 5 nitrogen and oxygen atoms in total. The third-order valence-electron chi connectivity index (χ3n) is 2.56. The Hall–Kier alpha value is -2.04. The minimum atomic E-state index is -0.380. The Kier molecular flexibility index (Phi) is 5.20. The van der Waals surface area contributed by atoms with Gasteiger partial charge in [-0.1, -0.05) is 29.8 Å². The van der Waals surface area contributed by atoms with E-state index in [1.807, 2.05) is 18.6 Å². The molecule has 0 aliphatic carbocycles. The van der Waals surface area contributed by atoms with Crippen LogP contribution in [0.1, 0.15) is 16.1 Å². The topological polar surface area (TPSA) is 67.8 Å². The fraction of sp³-hybridized carbons (Fsp3) is 0.143. The average Bonchev–Trinajstić information content (AvgIpc) is 2.54. The molecule has 0 radical (unpaired) electrons. The number of terminal acetylenes is 1. The van der Waals surface area contributed by atoms with E-state index in [9.17, 15) is 4.79 Å². The van der Waals surface area contributed by atoms with Crippen molar-refractivity contribution in [1.29, 1.82) is 0 Å². The molecule has 2 rings (SSSR count). The van der Waals surface area contributed by atoms with Crippen LogP contribution < -0.4 is 5.32 Å². The number of hydrogen-bond donors (Lipinski definition) is 1. The number of para-hydroxylation sites is 1. The maximum Gasteiger partial charge on any atom is 0.279 e. The summed E-state index contributed by atoms with van der Waals surface area (Å²) in [5.74, 6) is 2.14. The summed E-state index contributed by atoms with van der Waals surface area (Å²) in [6.07, 6.45) is 9.10. The van der Waals surface area contributed by atoms with Crippen LogP contribution in [0.2, 0.25) is 0 Å². The zero-order valence-corrected chi connectivity index (χ0v) is 13.1. The van der Waals surface area contributed by atoms with Crippen molar-refractivity contribution < 1.29 is 4.79 Å². The average molecular weight is 316 g/mol. The first-order chi connectivity index (χ1) is 10.2. The van der Waals surface area contributed by atoms with Gasteiger partial charge in [-0.05, 0) is 24.6 Å². The van der Waals surface area contributed by atoms with E-state index in [2.05, 4.69) is 26.4 Å². The minimum absolute atomic E-state index is 0.187. The summed E-state index contributed by atoms with van der Waals surface area (Å²) in [6, 6.07) is 7.11. The van der Waals surface area contributed by atoms with Gasteiger partial charge in [-0.15, -0.1) is 28.4 Å². The second-order valence-electron chi connectivity index (χ2n) is 3.80. The van der Waals surface area contributed by atoms with Crippen LogP contribution >= 0.6 is 23.5 Å². The lowest BCUT2D eigenvalue weighted by Gasteiger charge is -2.08. The second-order valence-corrected chi connectivity index (χ2v) is 5.37. The van der Waals surface area contributed by atoms with Crippen molar-refractivity contribution in [2.75, 3.05) is 17.8 Å². The monoisotopic (exact) mass is 316 g/mol. The molecule has 106 valence electrons. The van der Waals surface area contributed by atoms with Crippen molar-refractivity contribution in [2.24, 2.45) is 0 Å². The second kappa shape index (κ2) is 7.11. The van der Waals surface area contributed by atoms with E-state index < -0.39 is 0 Å². The van der Waals surface area contributed by atoms with Crippen molar-refractivity contribution in [3.05, 3.63) is 35.5 Å². The summed E-state index contributed by atoms with van der Waals surface area (Å²) in [5.41, 5.74) is 1.36. The zero-order chi connectivity index (χ0) is 15.2. The number of anilines is 1. The van der Waals surface area contributed by atoms with Gasteiger partial charge in [0.05, 0.1) is 5.69 Å². The molecule has 1 amide bonds. The smallest absolute Gasteiger partial charge is 0.279 e. The standard InChI is InChI=1S/C14H12N4OS2/c1-4-9-7-5-6-8-10(9)15-12(19)11-13(20-2)16-14(21-3)18-17-11/h1,5-8H,2-3H3,(H,15,19). The van der Waals surface area contributed by atoms with Gasteiger partial charge in [-0.3, -0.25) is 4.79 Å². The number of hydrogen-bond acceptors (Lipinski definition) is 6. The quantitative estimate of drug-likeness (QED) is 0.690. The van der Waals surface area contributed by atoms with E-state index in [0.717, 1.165) is 0 Å². The fourth-order valence-electron chi connectivity index (χ4n) is 1.57. The normalized spacial score (nSPS) is 9.95. The summed E-state index contributed by atoms with van der Waals surface area (Å²) in [5, 5.41) is 11.7. The van der Waals surface area contributed by atoms with Gasteiger partial charge in [0.15, 0.2) is 5.69 Å². The number of amides is 1. The molecule has 0 bridgehead atoms. The molecular formula is C14H12N4OS2. The number of nitrogens with zero attached hydrogens (tertiary/aromatic N) is 3. The van der Waals surface area contributed by atoms with Gasteiger partial charge in [0.25, 0.3) is 5.91 Å². The lowest BCUT2D eigenvalue weighted by molar-refractivity contribution is 0.101. The van der Waals surface area contributed by atoms with Crippen LogP contribution in [-0.4, -0.2) is 33.6 Å². The maximum absolute atomic E-state index is 12.3. The lowest BCUT2D eigenvalue weighted by atomic mass is 10.2. The molecule has 0 saturated carbocycles. The molecule has 0 unspecified atom stereocenters. The summed E-state index contributed by atoms with van der Waals surface area (Å²) < 4.78 is 0. The predicted octanol–water partition coefficient (Wildman–Crippen LogP) is 2.55. The van der Waals surface area contributed by atoms with Crippen LogP contribution in [0.5, 0.6) is 0 Å². The molecule has 1 heterocycles. The Morgan fingerprint density at radius 2 is 2.00 bits per heavy atom. The van der Waals surface area contributed by atoms with Crippen molar-refractivity contribution in [3.8, 4) is 12.3 Å². The summed E-state index contributed by atoms with van der Waals surface area (Å²) in [7, 11) is 0. The van der Waals surface area contributed by atoms with E-state index in [0.29, 0.717) is 21.4 Å². The van der Waals surface area contributed by atoms with Gasteiger partial charge >= 0.3 is 0 Å². The van der Waals surface area contributed by atoms with Crippen LogP contribution in [0.4, 0.5) is 5.69 Å². The molecule has 2 aromatic rings. The number of carbonyl (C=O) groups is 1. The molecule has 0 fully saturated rings. The van der Waals surface area contributed by atoms with Crippen LogP contribution in [0.25, 0.3) is 0 Å². The van der Waals surface area contributed by atoms with Crippen LogP contribution in [0.15, 0.2) is 34.4 Å². The Morgan fingerprint density at radius 3 is 2.67 bits per heavy atom. The number of aromatic nitrogens is 3. The largest absolute Gasteiger partial charge is 0.319 e. The van der Waals surface area contributed by atoms with E-state index in [-0.39, 0.29) is 11.6 Å². The summed E-state index contributed by atoms with van der Waals surface area (Å²) in [6.45, 7) is 0. The molecule has 21 heavy (non-hydrogen) atoms. The van der Waals surface area contributed by atoms with E-state index >= 15 is 0 Å². The zero-order valence-electron chi connectivity index (χ0n) is 11.5. The van der Waals surface area contributed by atoms with Gasteiger partial charge in [0.2, 0.25) is 5.16 Å². The molecule has 0 aliphatic heterocycles. The SMILES string of the molecule is C#Cc1ccccc1NC(=O)c1nnc(SC)nc1SC. The molecule has 0 aliphatic rings. The van der Waals surface area contributed by atoms with Gasteiger partial charge in [0, 0.05) is 5.56 Å². The van der Waals surface area contributed by atoms with Crippen molar-refractivity contribution in [1.82, 2.24) is 15.2 Å². The van der Waals surface area contributed by atoms with Gasteiger partial charge in [0.1, 0.15) is 5.03 Å². The Labute approximate surface area is 131 Å². The summed E-state index contributed by atoms with van der Waals surface area (Å²) in [4.78, 5) is 16.6. The van der Waals surface area contributed by atoms with E-state index in [4.69, 9.17) is 6.42 Å². The van der Waals surface area contributed by atoms with Crippen LogP contribution in [-0.2, 0) is 0 Å². The third-order valence-corrected chi connectivity index (χ3v) is 3.77. The van der Waals surface area contributed by atoms with Gasteiger partial charge < -0.3 is 5.32 Å². The number of benzene rings is 1. The van der Waals surface area contributed by atoms with Crippen LogP contribution in [0.3, 0.4) is 0 Å². The number of thioether (sulfide) groups is 2. The number of rotatable bonds is 4. The highest BCUT2D eigenvalue weighted by Gasteiger charge is 2.17. The van der Waals surface area contributed by atoms with Crippen molar-refractivity contribution in [2.45, 2.75) is 10.2 Å². The number of nitrogens with one attached hydrogen (secondary N) is 1. The highest BCUT2D eigenvalue weighted by atomic mass is 32.2. The van der Waals surface area contributed by atoms with Crippen LogP contribution in [0, 0.1) is 12.3 Å². The molecule has 7 heteroatoms. The lowest BCUT2D eigenvalue weighted by Crippen LogP contribution is -2.17. The first kappa shape index (κ1) is 15.4. The molecule has 0 saturated heterocycles. The molecule has 0 spiro atoms. The molecular weight excluding hydrogens is 304 g/mol. The summed E-state index contributed by atoms with van der Waals surface area (Å²) >= 11 is 2.72.